The van der Waals surface area contributed by atoms with Crippen LogP contribution in [0.25, 0.3) is 17.0 Å². The predicted molar refractivity (Wildman–Crippen MR) is 144 cm³/mol. The molecule has 170 valence electrons. The Morgan fingerprint density at radius 2 is 1.64 bits per heavy atom. The molecule has 2 nitrogen and oxygen atoms in total. The molecular weight excluding hydrogens is 420 g/mol. The van der Waals surface area contributed by atoms with E-state index in [0.717, 1.165) is 6.54 Å². The molecule has 0 aliphatic carbocycles. The number of allylic oxidation sites excluding steroid dienone is 4. The summed E-state index contributed by atoms with van der Waals surface area (Å²) in [6.07, 6.45) is 21.0. The minimum atomic E-state index is 1.09. The number of rotatable bonds is 10. The summed E-state index contributed by atoms with van der Waals surface area (Å²) in [5.74, 6) is 0. The van der Waals surface area contributed by atoms with Crippen LogP contribution in [0.15, 0.2) is 95.0 Å². The Hall–Kier alpha value is -2.78. The Morgan fingerprint density at radius 3 is 2.52 bits per heavy atom. The minimum absolute atomic E-state index is 1.09. The molecule has 0 bridgehead atoms. The average Bonchev–Trinajstić information content (AvgIpc) is 3.17. The number of unbranched alkanes of at least 4 members (excludes halogenated alkanes) is 5. The van der Waals surface area contributed by atoms with Crippen molar-refractivity contribution in [3.05, 3.63) is 95.7 Å². The maximum absolute atomic E-state index is 2.41. The van der Waals surface area contributed by atoms with Gasteiger partial charge in [0, 0.05) is 30.5 Å². The van der Waals surface area contributed by atoms with Crippen LogP contribution in [0.3, 0.4) is 0 Å². The molecule has 3 heteroatoms. The zero-order chi connectivity index (χ0) is 22.9. The van der Waals surface area contributed by atoms with E-state index in [0.29, 0.717) is 0 Å². The maximum atomic E-state index is 2.41. The van der Waals surface area contributed by atoms with Crippen LogP contribution in [0, 0.1) is 0 Å². The number of para-hydroxylation sites is 2. The summed E-state index contributed by atoms with van der Waals surface area (Å²) in [4.78, 5) is 3.57. The summed E-state index contributed by atoms with van der Waals surface area (Å²) in [5, 5.41) is 2.57. The quantitative estimate of drug-likeness (QED) is 0.173. The molecule has 2 heterocycles. The van der Waals surface area contributed by atoms with Crippen LogP contribution in [0.4, 0.5) is 5.69 Å². The zero-order valence-corrected chi connectivity index (χ0v) is 20.7. The largest absolute Gasteiger partial charge is 0.338 e. The van der Waals surface area contributed by atoms with Crippen molar-refractivity contribution in [3.63, 3.8) is 0 Å². The molecule has 0 amide bonds. The van der Waals surface area contributed by atoms with Crippen molar-refractivity contribution in [2.75, 3.05) is 11.9 Å². The molecule has 33 heavy (non-hydrogen) atoms. The number of anilines is 1. The van der Waals surface area contributed by atoms with Crippen LogP contribution in [-0.2, 0) is 6.54 Å². The van der Waals surface area contributed by atoms with Crippen LogP contribution in [0.2, 0.25) is 0 Å². The van der Waals surface area contributed by atoms with Gasteiger partial charge in [0.15, 0.2) is 6.20 Å². The number of aryl methyl sites for hydroxylation is 1. The van der Waals surface area contributed by atoms with Gasteiger partial charge in [0.05, 0.1) is 16.1 Å². The third-order valence-electron chi connectivity index (χ3n) is 6.22. The molecule has 0 atom stereocenters. The molecular formula is C30H35N2S+. The molecule has 0 radical (unpaired) electrons. The third kappa shape index (κ3) is 5.97. The average molecular weight is 456 g/mol. The molecule has 0 saturated heterocycles. The summed E-state index contributed by atoms with van der Waals surface area (Å²) < 4.78 is 2.41. The fourth-order valence-corrected chi connectivity index (χ4v) is 5.40. The standard InChI is InChI=1S/C30H35N2S/c1-3-4-5-6-7-15-23-32-24-22-25(26-17-11-12-18-27(26)32)16-9-8-10-21-30-31(2)28-19-13-14-20-29(28)33-30/h8-14,16-22,24H,3-7,15,23H2,1-2H3/q+1. The second kappa shape index (κ2) is 11.9. The first-order valence-corrected chi connectivity index (χ1v) is 13.1. The van der Waals surface area contributed by atoms with E-state index >= 15 is 0 Å². The van der Waals surface area contributed by atoms with Gasteiger partial charge in [-0.3, -0.25) is 0 Å². The van der Waals surface area contributed by atoms with Gasteiger partial charge in [-0.15, -0.1) is 0 Å². The normalized spacial score (nSPS) is 14.8. The highest BCUT2D eigenvalue weighted by molar-refractivity contribution is 8.03. The van der Waals surface area contributed by atoms with E-state index < -0.39 is 0 Å². The van der Waals surface area contributed by atoms with E-state index in [-0.39, 0.29) is 0 Å². The highest BCUT2D eigenvalue weighted by atomic mass is 32.2. The van der Waals surface area contributed by atoms with Gasteiger partial charge in [-0.05, 0) is 36.3 Å². The summed E-state index contributed by atoms with van der Waals surface area (Å²) in [5.41, 5.74) is 3.87. The second-order valence-electron chi connectivity index (χ2n) is 8.63. The number of thioether (sulfide) groups is 1. The molecule has 0 N–H and O–H groups in total. The predicted octanol–water partition coefficient (Wildman–Crippen LogP) is 8.14. The molecule has 1 aliphatic heterocycles. The maximum Gasteiger partial charge on any atom is 0.213 e. The molecule has 2 aromatic carbocycles. The Morgan fingerprint density at radius 1 is 0.848 bits per heavy atom. The number of aromatic nitrogens is 1. The Kier molecular flexibility index (Phi) is 8.43. The van der Waals surface area contributed by atoms with Gasteiger partial charge in [-0.2, -0.15) is 4.57 Å². The highest BCUT2D eigenvalue weighted by Gasteiger charge is 2.20. The lowest BCUT2D eigenvalue weighted by Gasteiger charge is -2.12. The molecule has 0 saturated carbocycles. The van der Waals surface area contributed by atoms with Crippen molar-refractivity contribution < 1.29 is 4.57 Å². The lowest BCUT2D eigenvalue weighted by atomic mass is 10.1. The molecule has 0 unspecified atom stereocenters. The Balaban J connectivity index is 1.40. The summed E-state index contributed by atoms with van der Waals surface area (Å²) in [7, 11) is 2.13. The first-order chi connectivity index (χ1) is 16.3. The van der Waals surface area contributed by atoms with Crippen molar-refractivity contribution in [3.8, 4) is 0 Å². The van der Waals surface area contributed by atoms with E-state index in [1.165, 1.54) is 70.6 Å². The lowest BCUT2D eigenvalue weighted by Crippen LogP contribution is -2.34. The van der Waals surface area contributed by atoms with E-state index in [4.69, 9.17) is 0 Å². The van der Waals surface area contributed by atoms with Crippen molar-refractivity contribution >= 4 is 34.4 Å². The topological polar surface area (TPSA) is 7.12 Å². The number of pyridine rings is 1. The van der Waals surface area contributed by atoms with E-state index in [1.54, 1.807) is 0 Å². The molecule has 0 fully saturated rings. The fourth-order valence-electron chi connectivity index (χ4n) is 4.34. The van der Waals surface area contributed by atoms with Crippen LogP contribution < -0.4 is 9.47 Å². The fraction of sp³-hybridized carbons (Fsp3) is 0.300. The van der Waals surface area contributed by atoms with Gasteiger partial charge in [0.2, 0.25) is 5.52 Å². The van der Waals surface area contributed by atoms with E-state index in [1.807, 2.05) is 11.8 Å². The van der Waals surface area contributed by atoms with Crippen LogP contribution >= 0.6 is 11.8 Å². The smallest absolute Gasteiger partial charge is 0.213 e. The first kappa shape index (κ1) is 23.4. The van der Waals surface area contributed by atoms with Crippen LogP contribution in [-0.4, -0.2) is 7.05 Å². The van der Waals surface area contributed by atoms with Crippen molar-refractivity contribution in [1.29, 1.82) is 0 Å². The number of fused-ring (bicyclic) bond motifs is 2. The van der Waals surface area contributed by atoms with Crippen molar-refractivity contribution in [2.45, 2.75) is 56.9 Å². The van der Waals surface area contributed by atoms with Crippen molar-refractivity contribution in [2.24, 2.45) is 0 Å². The Labute approximate surface area is 203 Å². The molecule has 1 aliphatic rings. The summed E-state index contributed by atoms with van der Waals surface area (Å²) in [6.45, 7) is 3.37. The summed E-state index contributed by atoms with van der Waals surface area (Å²) in [6, 6.07) is 19.6. The van der Waals surface area contributed by atoms with Crippen molar-refractivity contribution in [1.82, 2.24) is 0 Å². The number of hydrogen-bond donors (Lipinski definition) is 0. The minimum Gasteiger partial charge on any atom is -0.338 e. The second-order valence-corrected chi connectivity index (χ2v) is 9.69. The molecule has 0 spiro atoms. The van der Waals surface area contributed by atoms with Gasteiger partial charge in [-0.25, -0.2) is 0 Å². The SMILES string of the molecule is CCCCCCCC[n+]1ccc(/C=C/C=C/C=C2\Sc3ccccc3N2C)c2ccccc21. The first-order valence-electron chi connectivity index (χ1n) is 12.2. The molecule has 3 aromatic rings. The number of nitrogens with zero attached hydrogens (tertiary/aromatic N) is 2. The Bertz CT molecular complexity index is 1160. The van der Waals surface area contributed by atoms with E-state index in [9.17, 15) is 0 Å². The lowest BCUT2D eigenvalue weighted by molar-refractivity contribution is -0.671. The number of hydrogen-bond acceptors (Lipinski definition) is 2. The molecule has 4 rings (SSSR count). The summed E-state index contributed by atoms with van der Waals surface area (Å²) >= 11 is 1.82. The van der Waals surface area contributed by atoms with Crippen LogP contribution in [0.5, 0.6) is 0 Å². The van der Waals surface area contributed by atoms with Gasteiger partial charge >= 0.3 is 0 Å². The highest BCUT2D eigenvalue weighted by Crippen LogP contribution is 2.44. The van der Waals surface area contributed by atoms with Crippen LogP contribution in [0.1, 0.15) is 51.0 Å². The van der Waals surface area contributed by atoms with Gasteiger partial charge in [0.25, 0.3) is 0 Å². The van der Waals surface area contributed by atoms with Gasteiger partial charge in [-0.1, -0.05) is 92.9 Å². The van der Waals surface area contributed by atoms with E-state index in [2.05, 4.69) is 115 Å². The molecule has 1 aromatic heterocycles. The zero-order valence-electron chi connectivity index (χ0n) is 19.9. The van der Waals surface area contributed by atoms with Gasteiger partial charge in [0.1, 0.15) is 6.54 Å². The number of benzene rings is 2. The van der Waals surface area contributed by atoms with Gasteiger partial charge < -0.3 is 4.90 Å². The third-order valence-corrected chi connectivity index (χ3v) is 7.40. The monoisotopic (exact) mass is 455 g/mol.